The first-order chi connectivity index (χ1) is 9.70. The highest BCUT2D eigenvalue weighted by atomic mass is 16.1. The van der Waals surface area contributed by atoms with Gasteiger partial charge in [-0.3, -0.25) is 0 Å². The van der Waals surface area contributed by atoms with E-state index in [1.807, 2.05) is 13.0 Å². The van der Waals surface area contributed by atoms with Gasteiger partial charge in [-0.15, -0.1) is 0 Å². The van der Waals surface area contributed by atoms with Crippen molar-refractivity contribution in [3.63, 3.8) is 0 Å². The van der Waals surface area contributed by atoms with Crippen molar-refractivity contribution < 1.29 is 0 Å². The van der Waals surface area contributed by atoms with Crippen LogP contribution in [0, 0.1) is 6.92 Å². The van der Waals surface area contributed by atoms with E-state index in [2.05, 4.69) is 32.3 Å². The zero-order valence-corrected chi connectivity index (χ0v) is 11.9. The molecule has 0 aromatic carbocycles. The Bertz CT molecular complexity index is 660. The first-order valence-corrected chi connectivity index (χ1v) is 7.13. The molecule has 0 spiro atoms. The Labute approximate surface area is 117 Å². The number of nitrogens with zero attached hydrogens (tertiary/aromatic N) is 4. The fourth-order valence-electron chi connectivity index (χ4n) is 2.89. The monoisotopic (exact) mass is 276 g/mol. The van der Waals surface area contributed by atoms with E-state index < -0.39 is 0 Å². The molecule has 2 aromatic heterocycles. The van der Waals surface area contributed by atoms with Gasteiger partial charge in [0.1, 0.15) is 11.6 Å². The summed E-state index contributed by atoms with van der Waals surface area (Å²) in [7, 11) is 0. The van der Waals surface area contributed by atoms with E-state index in [0.29, 0.717) is 17.5 Å². The summed E-state index contributed by atoms with van der Waals surface area (Å²) < 4.78 is 1.50. The van der Waals surface area contributed by atoms with Crippen LogP contribution in [-0.2, 0) is 0 Å². The fraction of sp³-hybridized carbons (Fsp3) is 0.615. The molecule has 1 aliphatic heterocycles. The lowest BCUT2D eigenvalue weighted by Crippen LogP contribution is -2.38. The molecule has 20 heavy (non-hydrogen) atoms. The van der Waals surface area contributed by atoms with Crippen LogP contribution in [0.4, 0.5) is 5.82 Å². The third-order valence-electron chi connectivity index (χ3n) is 3.86. The topological polar surface area (TPSA) is 78.3 Å². The van der Waals surface area contributed by atoms with Crippen LogP contribution < -0.4 is 15.9 Å². The maximum atomic E-state index is 11.6. The molecule has 7 nitrogen and oxygen atoms in total. The summed E-state index contributed by atoms with van der Waals surface area (Å²) in [5, 5.41) is 9.91. The predicted molar refractivity (Wildman–Crippen MR) is 77.3 cm³/mol. The maximum absolute atomic E-state index is 11.6. The summed E-state index contributed by atoms with van der Waals surface area (Å²) in [6.45, 7) is 6.90. The van der Waals surface area contributed by atoms with Gasteiger partial charge in [-0.2, -0.15) is 5.10 Å². The standard InChI is InChI=1S/C13H20N6O/c1-3-14-8-10-5-4-6-18(10)11-7-12-16-17-13(20)19(12)9(2)15-11/h7,10,14H,3-6,8H2,1-2H3,(H,17,20). The molecule has 2 aromatic rings. The van der Waals surface area contributed by atoms with Gasteiger partial charge in [0.15, 0.2) is 5.65 Å². The Balaban J connectivity index is 1.95. The molecule has 0 saturated carbocycles. The number of rotatable bonds is 4. The van der Waals surface area contributed by atoms with Gasteiger partial charge in [-0.25, -0.2) is 19.3 Å². The lowest BCUT2D eigenvalue weighted by Gasteiger charge is -2.26. The molecular weight excluding hydrogens is 256 g/mol. The molecule has 1 unspecified atom stereocenters. The number of anilines is 1. The number of likely N-dealkylation sites (N-methyl/N-ethyl adjacent to an activating group) is 1. The molecule has 108 valence electrons. The van der Waals surface area contributed by atoms with Gasteiger partial charge in [0.25, 0.3) is 0 Å². The fourth-order valence-corrected chi connectivity index (χ4v) is 2.89. The minimum atomic E-state index is -0.234. The number of nitrogens with one attached hydrogen (secondary N) is 2. The molecule has 1 aliphatic rings. The first kappa shape index (κ1) is 13.1. The number of H-pyrrole nitrogens is 1. The molecule has 3 rings (SSSR count). The molecule has 0 aliphatic carbocycles. The SMILES string of the molecule is CCNCC1CCCN1c1cc2n[nH]c(=O)n2c(C)n1. The van der Waals surface area contributed by atoms with E-state index in [-0.39, 0.29) is 5.69 Å². The lowest BCUT2D eigenvalue weighted by atomic mass is 10.2. The third kappa shape index (κ3) is 2.18. The van der Waals surface area contributed by atoms with E-state index >= 15 is 0 Å². The van der Waals surface area contributed by atoms with Crippen LogP contribution >= 0.6 is 0 Å². The minimum Gasteiger partial charge on any atom is -0.352 e. The molecule has 1 fully saturated rings. The van der Waals surface area contributed by atoms with Gasteiger partial charge < -0.3 is 10.2 Å². The van der Waals surface area contributed by atoms with Gasteiger partial charge in [-0.05, 0) is 26.3 Å². The molecule has 0 bridgehead atoms. The maximum Gasteiger partial charge on any atom is 0.349 e. The van der Waals surface area contributed by atoms with Gasteiger partial charge in [0.05, 0.1) is 0 Å². The van der Waals surface area contributed by atoms with E-state index in [9.17, 15) is 4.79 Å². The summed E-state index contributed by atoms with van der Waals surface area (Å²) in [6, 6.07) is 2.35. The largest absolute Gasteiger partial charge is 0.352 e. The van der Waals surface area contributed by atoms with E-state index in [1.165, 1.54) is 17.2 Å². The van der Waals surface area contributed by atoms with Crippen LogP contribution in [0.25, 0.3) is 5.65 Å². The van der Waals surface area contributed by atoms with Crippen LogP contribution in [0.1, 0.15) is 25.6 Å². The normalized spacial score (nSPS) is 19.1. The van der Waals surface area contributed by atoms with E-state index in [0.717, 1.165) is 25.5 Å². The van der Waals surface area contributed by atoms with Crippen molar-refractivity contribution in [2.75, 3.05) is 24.5 Å². The lowest BCUT2D eigenvalue weighted by molar-refractivity contribution is 0.584. The minimum absolute atomic E-state index is 0.234. The summed E-state index contributed by atoms with van der Waals surface area (Å²) in [4.78, 5) is 18.5. The quantitative estimate of drug-likeness (QED) is 0.840. The smallest absolute Gasteiger partial charge is 0.349 e. The number of aromatic amines is 1. The third-order valence-corrected chi connectivity index (χ3v) is 3.86. The van der Waals surface area contributed by atoms with Gasteiger partial charge in [0, 0.05) is 25.2 Å². The van der Waals surface area contributed by atoms with Crippen molar-refractivity contribution in [3.8, 4) is 0 Å². The second-order valence-corrected chi connectivity index (χ2v) is 5.18. The molecule has 1 saturated heterocycles. The van der Waals surface area contributed by atoms with Crippen LogP contribution in [0.3, 0.4) is 0 Å². The van der Waals surface area contributed by atoms with Crippen molar-refractivity contribution in [2.45, 2.75) is 32.7 Å². The molecule has 7 heteroatoms. The zero-order chi connectivity index (χ0) is 14.1. The second-order valence-electron chi connectivity index (χ2n) is 5.18. The van der Waals surface area contributed by atoms with Crippen LogP contribution in [0.2, 0.25) is 0 Å². The molecule has 0 amide bonds. The highest BCUT2D eigenvalue weighted by Gasteiger charge is 2.26. The first-order valence-electron chi connectivity index (χ1n) is 7.13. The summed E-state index contributed by atoms with van der Waals surface area (Å²) in [5.41, 5.74) is 0.397. The van der Waals surface area contributed by atoms with Crippen LogP contribution in [0.15, 0.2) is 10.9 Å². The Morgan fingerprint density at radius 2 is 2.40 bits per heavy atom. The molecule has 2 N–H and O–H groups in total. The zero-order valence-electron chi connectivity index (χ0n) is 11.9. The number of aryl methyl sites for hydroxylation is 1. The molecular formula is C13H20N6O. The Hall–Kier alpha value is -1.89. The summed E-state index contributed by atoms with van der Waals surface area (Å²) in [5.74, 6) is 1.58. The number of hydrogen-bond acceptors (Lipinski definition) is 5. The summed E-state index contributed by atoms with van der Waals surface area (Å²) in [6.07, 6.45) is 2.35. The number of fused-ring (bicyclic) bond motifs is 1. The van der Waals surface area contributed by atoms with Crippen molar-refractivity contribution in [3.05, 3.63) is 22.4 Å². The number of aromatic nitrogens is 4. The molecule has 3 heterocycles. The van der Waals surface area contributed by atoms with E-state index in [1.54, 1.807) is 0 Å². The Morgan fingerprint density at radius 3 is 3.20 bits per heavy atom. The second kappa shape index (κ2) is 5.24. The summed E-state index contributed by atoms with van der Waals surface area (Å²) >= 11 is 0. The van der Waals surface area contributed by atoms with Gasteiger partial charge >= 0.3 is 5.69 Å². The van der Waals surface area contributed by atoms with Crippen LogP contribution in [0.5, 0.6) is 0 Å². The van der Waals surface area contributed by atoms with Crippen molar-refractivity contribution >= 4 is 11.5 Å². The predicted octanol–water partition coefficient (Wildman–Crippen LogP) is 0.304. The Kier molecular flexibility index (Phi) is 3.43. The average molecular weight is 276 g/mol. The van der Waals surface area contributed by atoms with E-state index in [4.69, 9.17) is 0 Å². The molecule has 1 atom stereocenters. The van der Waals surface area contributed by atoms with Gasteiger partial charge in [-0.1, -0.05) is 6.92 Å². The van der Waals surface area contributed by atoms with Crippen molar-refractivity contribution in [1.29, 1.82) is 0 Å². The average Bonchev–Trinajstić information content (AvgIpc) is 3.03. The van der Waals surface area contributed by atoms with Crippen molar-refractivity contribution in [1.82, 2.24) is 24.9 Å². The van der Waals surface area contributed by atoms with Crippen molar-refractivity contribution in [2.24, 2.45) is 0 Å². The molecule has 0 radical (unpaired) electrons. The Morgan fingerprint density at radius 1 is 1.55 bits per heavy atom. The highest BCUT2D eigenvalue weighted by molar-refractivity contribution is 5.52. The highest BCUT2D eigenvalue weighted by Crippen LogP contribution is 2.24. The van der Waals surface area contributed by atoms with Crippen LogP contribution in [-0.4, -0.2) is 45.3 Å². The van der Waals surface area contributed by atoms with Gasteiger partial charge in [0.2, 0.25) is 0 Å². The number of hydrogen-bond donors (Lipinski definition) is 2.